The summed E-state index contributed by atoms with van der Waals surface area (Å²) in [4.78, 5) is 39.1. The Balaban J connectivity index is 1.55. The zero-order chi connectivity index (χ0) is 20.3. The Morgan fingerprint density at radius 1 is 1.04 bits per heavy atom. The normalized spacial score (nSPS) is 18.6. The van der Waals surface area contributed by atoms with Crippen molar-refractivity contribution in [2.24, 2.45) is 11.8 Å². The molecule has 0 spiro atoms. The first kappa shape index (κ1) is 20.3. The first-order valence-electron chi connectivity index (χ1n) is 10.0. The molecule has 1 unspecified atom stereocenters. The second-order valence-corrected chi connectivity index (χ2v) is 8.08. The Hall–Kier alpha value is -2.44. The van der Waals surface area contributed by atoms with Crippen LogP contribution in [0.4, 0.5) is 4.39 Å². The lowest BCUT2D eigenvalue weighted by Crippen LogP contribution is -2.54. The van der Waals surface area contributed by atoms with E-state index in [4.69, 9.17) is 0 Å². The molecule has 2 N–H and O–H groups in total. The number of nitrogens with zero attached hydrogens (tertiary/aromatic N) is 1. The van der Waals surface area contributed by atoms with Gasteiger partial charge in [0.15, 0.2) is 0 Å². The minimum Gasteiger partial charge on any atom is -0.353 e. The minimum atomic E-state index is -0.643. The number of hydrogen-bond donors (Lipinski definition) is 2. The van der Waals surface area contributed by atoms with Gasteiger partial charge in [-0.3, -0.25) is 14.4 Å². The average molecular weight is 389 g/mol. The first-order valence-corrected chi connectivity index (χ1v) is 10.0. The van der Waals surface area contributed by atoms with Gasteiger partial charge in [0.1, 0.15) is 11.9 Å². The second kappa shape index (κ2) is 8.71. The predicted molar refractivity (Wildman–Crippen MR) is 103 cm³/mol. The number of amides is 3. The number of nitrogens with one attached hydrogen (secondary N) is 2. The standard InChI is InChI=1S/C21H28FN3O3/c1-13(2)18(24-20(27)15-5-7-16(22)8-6-15)21(28)25-11-9-17(10-12-25)23-19(26)14-3-4-14/h5-8,13-14,17-18H,3-4,9-12H2,1-2H3,(H,23,26)(H,24,27). The van der Waals surface area contributed by atoms with Gasteiger partial charge in [-0.15, -0.1) is 0 Å². The van der Waals surface area contributed by atoms with Crippen molar-refractivity contribution in [2.75, 3.05) is 13.1 Å². The number of benzene rings is 1. The number of rotatable bonds is 6. The van der Waals surface area contributed by atoms with Crippen LogP contribution in [0.5, 0.6) is 0 Å². The number of likely N-dealkylation sites (tertiary alicyclic amines) is 1. The second-order valence-electron chi connectivity index (χ2n) is 8.08. The van der Waals surface area contributed by atoms with E-state index in [2.05, 4.69) is 10.6 Å². The maximum Gasteiger partial charge on any atom is 0.251 e. The van der Waals surface area contributed by atoms with Gasteiger partial charge in [0.05, 0.1) is 0 Å². The summed E-state index contributed by atoms with van der Waals surface area (Å²) in [6.07, 6.45) is 3.40. The summed E-state index contributed by atoms with van der Waals surface area (Å²) in [7, 11) is 0. The minimum absolute atomic E-state index is 0.0795. The first-order chi connectivity index (χ1) is 13.3. The molecule has 3 rings (SSSR count). The molecule has 28 heavy (non-hydrogen) atoms. The van der Waals surface area contributed by atoms with Crippen molar-refractivity contribution in [2.45, 2.75) is 51.6 Å². The molecule has 1 aromatic carbocycles. The lowest BCUT2D eigenvalue weighted by Gasteiger charge is -2.35. The molecule has 0 aromatic heterocycles. The molecular weight excluding hydrogens is 361 g/mol. The van der Waals surface area contributed by atoms with E-state index in [1.165, 1.54) is 24.3 Å². The van der Waals surface area contributed by atoms with Gasteiger partial charge in [-0.2, -0.15) is 0 Å². The van der Waals surface area contributed by atoms with Crippen LogP contribution in [-0.4, -0.2) is 47.8 Å². The molecule has 6 nitrogen and oxygen atoms in total. The number of hydrogen-bond acceptors (Lipinski definition) is 3. The van der Waals surface area contributed by atoms with Crippen LogP contribution in [0, 0.1) is 17.7 Å². The van der Waals surface area contributed by atoms with E-state index in [0.29, 0.717) is 18.7 Å². The fourth-order valence-electron chi connectivity index (χ4n) is 3.44. The monoisotopic (exact) mass is 389 g/mol. The van der Waals surface area contributed by atoms with Gasteiger partial charge in [-0.05, 0) is 55.9 Å². The van der Waals surface area contributed by atoms with Crippen LogP contribution < -0.4 is 10.6 Å². The highest BCUT2D eigenvalue weighted by Crippen LogP contribution is 2.29. The molecule has 0 radical (unpaired) electrons. The predicted octanol–water partition coefficient (Wildman–Crippen LogP) is 2.10. The van der Waals surface area contributed by atoms with Crippen LogP contribution in [0.15, 0.2) is 24.3 Å². The van der Waals surface area contributed by atoms with Gasteiger partial charge in [0.2, 0.25) is 11.8 Å². The van der Waals surface area contributed by atoms with Gasteiger partial charge in [-0.25, -0.2) is 4.39 Å². The highest BCUT2D eigenvalue weighted by molar-refractivity contribution is 5.97. The third kappa shape index (κ3) is 5.09. The van der Waals surface area contributed by atoms with Crippen LogP contribution in [0.1, 0.15) is 49.9 Å². The molecule has 1 aromatic rings. The zero-order valence-electron chi connectivity index (χ0n) is 16.4. The molecular formula is C21H28FN3O3. The van der Waals surface area contributed by atoms with Crippen LogP contribution in [0.3, 0.4) is 0 Å². The highest BCUT2D eigenvalue weighted by atomic mass is 19.1. The topological polar surface area (TPSA) is 78.5 Å². The SMILES string of the molecule is CC(C)C(NC(=O)c1ccc(F)cc1)C(=O)N1CCC(NC(=O)C2CC2)CC1. The van der Waals surface area contributed by atoms with Gasteiger partial charge in [0.25, 0.3) is 5.91 Å². The van der Waals surface area contributed by atoms with Crippen molar-refractivity contribution >= 4 is 17.7 Å². The molecule has 1 saturated heterocycles. The molecule has 0 bridgehead atoms. The Morgan fingerprint density at radius 2 is 1.64 bits per heavy atom. The summed E-state index contributed by atoms with van der Waals surface area (Å²) in [6.45, 7) is 4.89. The van der Waals surface area contributed by atoms with Crippen molar-refractivity contribution in [1.82, 2.24) is 15.5 Å². The van der Waals surface area contributed by atoms with Crippen LogP contribution in [0.2, 0.25) is 0 Å². The van der Waals surface area contributed by atoms with E-state index in [0.717, 1.165) is 25.7 Å². The van der Waals surface area contributed by atoms with E-state index < -0.39 is 17.8 Å². The Morgan fingerprint density at radius 3 is 2.18 bits per heavy atom. The molecule has 1 saturated carbocycles. The lowest BCUT2D eigenvalue weighted by molar-refractivity contribution is -0.135. The van der Waals surface area contributed by atoms with Crippen molar-refractivity contribution in [3.8, 4) is 0 Å². The highest BCUT2D eigenvalue weighted by Gasteiger charge is 2.34. The number of piperidine rings is 1. The van der Waals surface area contributed by atoms with Gasteiger partial charge in [0, 0.05) is 30.6 Å². The Labute approximate surface area is 164 Å². The molecule has 1 atom stereocenters. The van der Waals surface area contributed by atoms with E-state index in [-0.39, 0.29) is 29.7 Å². The third-order valence-corrected chi connectivity index (χ3v) is 5.43. The van der Waals surface area contributed by atoms with E-state index in [9.17, 15) is 18.8 Å². The molecule has 3 amide bonds. The number of carbonyl (C=O) groups is 3. The van der Waals surface area contributed by atoms with Crippen molar-refractivity contribution in [3.05, 3.63) is 35.6 Å². The van der Waals surface area contributed by atoms with Crippen LogP contribution in [0.25, 0.3) is 0 Å². The third-order valence-electron chi connectivity index (χ3n) is 5.43. The molecule has 152 valence electrons. The van der Waals surface area contributed by atoms with Crippen LogP contribution >= 0.6 is 0 Å². The Kier molecular flexibility index (Phi) is 6.31. The largest absolute Gasteiger partial charge is 0.353 e. The lowest BCUT2D eigenvalue weighted by atomic mass is 9.99. The van der Waals surface area contributed by atoms with Crippen molar-refractivity contribution < 1.29 is 18.8 Å². The van der Waals surface area contributed by atoms with E-state index >= 15 is 0 Å². The molecule has 1 aliphatic heterocycles. The molecule has 2 aliphatic rings. The maximum atomic E-state index is 13.1. The summed E-state index contributed by atoms with van der Waals surface area (Å²) in [6, 6.07) is 4.73. The molecule has 2 fully saturated rings. The van der Waals surface area contributed by atoms with Gasteiger partial charge in [-0.1, -0.05) is 13.8 Å². The summed E-state index contributed by atoms with van der Waals surface area (Å²) in [5.74, 6) is -0.673. The summed E-state index contributed by atoms with van der Waals surface area (Å²) >= 11 is 0. The number of halogens is 1. The van der Waals surface area contributed by atoms with E-state index in [1.54, 1.807) is 4.90 Å². The summed E-state index contributed by atoms with van der Waals surface area (Å²) in [5, 5.41) is 5.87. The van der Waals surface area contributed by atoms with Gasteiger partial charge >= 0.3 is 0 Å². The summed E-state index contributed by atoms with van der Waals surface area (Å²) in [5.41, 5.74) is 0.321. The number of carbonyl (C=O) groups excluding carboxylic acids is 3. The van der Waals surface area contributed by atoms with Crippen LogP contribution in [-0.2, 0) is 9.59 Å². The fourth-order valence-corrected chi connectivity index (χ4v) is 3.44. The average Bonchev–Trinajstić information content (AvgIpc) is 3.51. The summed E-state index contributed by atoms with van der Waals surface area (Å²) < 4.78 is 13.1. The van der Waals surface area contributed by atoms with Crippen molar-refractivity contribution in [3.63, 3.8) is 0 Å². The maximum absolute atomic E-state index is 13.1. The Bertz CT molecular complexity index is 723. The van der Waals surface area contributed by atoms with Crippen molar-refractivity contribution in [1.29, 1.82) is 0 Å². The molecule has 1 aliphatic carbocycles. The smallest absolute Gasteiger partial charge is 0.251 e. The zero-order valence-corrected chi connectivity index (χ0v) is 16.4. The van der Waals surface area contributed by atoms with E-state index in [1.807, 2.05) is 13.8 Å². The quantitative estimate of drug-likeness (QED) is 0.782. The van der Waals surface area contributed by atoms with Gasteiger partial charge < -0.3 is 15.5 Å². The fraction of sp³-hybridized carbons (Fsp3) is 0.571. The molecule has 7 heteroatoms. The molecule has 1 heterocycles.